The summed E-state index contributed by atoms with van der Waals surface area (Å²) in [6, 6.07) is 17.0. The van der Waals surface area contributed by atoms with Crippen LogP contribution in [0.3, 0.4) is 0 Å². The molecule has 2 aromatic carbocycles. The van der Waals surface area contributed by atoms with Gasteiger partial charge in [0.1, 0.15) is 5.75 Å². The van der Waals surface area contributed by atoms with E-state index < -0.39 is 0 Å². The van der Waals surface area contributed by atoms with E-state index in [9.17, 15) is 4.79 Å². The van der Waals surface area contributed by atoms with Crippen molar-refractivity contribution >= 4 is 11.6 Å². The van der Waals surface area contributed by atoms with E-state index >= 15 is 0 Å². The second-order valence-electron chi connectivity index (χ2n) is 6.11. The number of rotatable bonds is 6. The average molecular weight is 350 g/mol. The maximum absolute atomic E-state index is 12.9. The van der Waals surface area contributed by atoms with Gasteiger partial charge in [-0.2, -0.15) is 0 Å². The smallest absolute Gasteiger partial charge is 0.278 e. The molecule has 0 spiro atoms. The van der Waals surface area contributed by atoms with Crippen LogP contribution >= 0.6 is 0 Å². The van der Waals surface area contributed by atoms with Gasteiger partial charge in [0.25, 0.3) is 5.91 Å². The van der Waals surface area contributed by atoms with Crippen LogP contribution in [0.5, 0.6) is 5.75 Å². The second-order valence-corrected chi connectivity index (χ2v) is 6.11. The zero-order chi connectivity index (χ0) is 18.5. The highest BCUT2D eigenvalue weighted by atomic mass is 16.5. The number of amides is 1. The SMILES string of the molecule is CCOc1ccccc1NC(=O)c1nnn(-c2ccccc2)c1C(C)C. The molecule has 0 aliphatic rings. The Bertz CT molecular complexity index is 888. The number of hydrogen-bond acceptors (Lipinski definition) is 4. The standard InChI is InChI=1S/C20H22N4O2/c1-4-26-17-13-9-8-12-16(17)21-20(25)18-19(14(2)3)24(23-22-18)15-10-6-5-7-11-15/h5-14H,4H2,1-3H3,(H,21,25). The first-order valence-corrected chi connectivity index (χ1v) is 8.66. The van der Waals surface area contributed by atoms with Crippen LogP contribution in [0.2, 0.25) is 0 Å². The molecule has 1 heterocycles. The molecule has 3 aromatic rings. The highest BCUT2D eigenvalue weighted by molar-refractivity contribution is 6.04. The highest BCUT2D eigenvalue weighted by Gasteiger charge is 2.23. The molecule has 26 heavy (non-hydrogen) atoms. The molecule has 0 saturated carbocycles. The fourth-order valence-corrected chi connectivity index (χ4v) is 2.76. The lowest BCUT2D eigenvalue weighted by molar-refractivity contribution is 0.102. The van der Waals surface area contributed by atoms with Crippen molar-refractivity contribution in [3.05, 3.63) is 66.0 Å². The van der Waals surface area contributed by atoms with E-state index in [1.807, 2.05) is 69.3 Å². The summed E-state index contributed by atoms with van der Waals surface area (Å²) in [6.45, 7) is 6.46. The first-order valence-electron chi connectivity index (χ1n) is 8.66. The number of nitrogens with one attached hydrogen (secondary N) is 1. The average Bonchev–Trinajstić information content (AvgIpc) is 3.10. The first kappa shape index (κ1) is 17.7. The molecule has 0 saturated heterocycles. The van der Waals surface area contributed by atoms with Gasteiger partial charge >= 0.3 is 0 Å². The van der Waals surface area contributed by atoms with Crippen LogP contribution in [-0.4, -0.2) is 27.5 Å². The Hall–Kier alpha value is -3.15. The fourth-order valence-electron chi connectivity index (χ4n) is 2.76. The third kappa shape index (κ3) is 3.59. The van der Waals surface area contributed by atoms with Crippen molar-refractivity contribution in [1.29, 1.82) is 0 Å². The van der Waals surface area contributed by atoms with Crippen LogP contribution in [-0.2, 0) is 0 Å². The molecule has 0 fully saturated rings. The largest absolute Gasteiger partial charge is 0.492 e. The number of nitrogens with zero attached hydrogens (tertiary/aromatic N) is 3. The zero-order valence-corrected chi connectivity index (χ0v) is 15.1. The molecule has 0 aliphatic heterocycles. The van der Waals surface area contributed by atoms with E-state index in [1.165, 1.54) is 0 Å². The predicted molar refractivity (Wildman–Crippen MR) is 101 cm³/mol. The fraction of sp³-hybridized carbons (Fsp3) is 0.250. The zero-order valence-electron chi connectivity index (χ0n) is 15.1. The summed E-state index contributed by atoms with van der Waals surface area (Å²) in [6.07, 6.45) is 0. The van der Waals surface area contributed by atoms with Crippen LogP contribution in [0.25, 0.3) is 5.69 Å². The summed E-state index contributed by atoms with van der Waals surface area (Å²) in [5.74, 6) is 0.404. The van der Waals surface area contributed by atoms with E-state index in [0.717, 1.165) is 11.4 Å². The molecule has 0 aliphatic carbocycles. The third-order valence-corrected chi connectivity index (χ3v) is 3.90. The Morgan fingerprint density at radius 1 is 1.12 bits per heavy atom. The minimum Gasteiger partial charge on any atom is -0.492 e. The number of carbonyl (C=O) groups excluding carboxylic acids is 1. The molecule has 0 atom stereocenters. The molecule has 0 unspecified atom stereocenters. The lowest BCUT2D eigenvalue weighted by atomic mass is 10.1. The van der Waals surface area contributed by atoms with Gasteiger partial charge in [-0.3, -0.25) is 4.79 Å². The minimum absolute atomic E-state index is 0.0769. The number of carbonyl (C=O) groups is 1. The number of anilines is 1. The van der Waals surface area contributed by atoms with Crippen molar-refractivity contribution in [2.75, 3.05) is 11.9 Å². The predicted octanol–water partition coefficient (Wildman–Crippen LogP) is 4.04. The lowest BCUT2D eigenvalue weighted by Gasteiger charge is -2.13. The summed E-state index contributed by atoms with van der Waals surface area (Å²) in [4.78, 5) is 12.9. The summed E-state index contributed by atoms with van der Waals surface area (Å²) >= 11 is 0. The van der Waals surface area contributed by atoms with E-state index in [2.05, 4.69) is 15.6 Å². The topological polar surface area (TPSA) is 69.0 Å². The number of para-hydroxylation sites is 3. The van der Waals surface area contributed by atoms with Crippen LogP contribution < -0.4 is 10.1 Å². The third-order valence-electron chi connectivity index (χ3n) is 3.90. The molecule has 1 amide bonds. The van der Waals surface area contributed by atoms with Gasteiger partial charge in [-0.1, -0.05) is 49.4 Å². The number of benzene rings is 2. The molecular weight excluding hydrogens is 328 g/mol. The van der Waals surface area contributed by atoms with E-state index in [-0.39, 0.29) is 11.8 Å². The van der Waals surface area contributed by atoms with Gasteiger partial charge < -0.3 is 10.1 Å². The highest BCUT2D eigenvalue weighted by Crippen LogP contribution is 2.26. The second kappa shape index (κ2) is 7.82. The maximum atomic E-state index is 12.9. The molecular formula is C20H22N4O2. The summed E-state index contributed by atoms with van der Waals surface area (Å²) in [5.41, 5.74) is 2.57. The number of hydrogen-bond donors (Lipinski definition) is 1. The van der Waals surface area contributed by atoms with Gasteiger partial charge in [0.2, 0.25) is 0 Å². The van der Waals surface area contributed by atoms with Crippen molar-refractivity contribution in [2.45, 2.75) is 26.7 Å². The molecule has 3 rings (SSSR count). The maximum Gasteiger partial charge on any atom is 0.278 e. The molecule has 6 nitrogen and oxygen atoms in total. The van der Waals surface area contributed by atoms with Gasteiger partial charge in [0, 0.05) is 0 Å². The lowest BCUT2D eigenvalue weighted by Crippen LogP contribution is -2.17. The molecule has 1 aromatic heterocycles. The molecule has 6 heteroatoms. The van der Waals surface area contributed by atoms with Crippen molar-refractivity contribution in [3.63, 3.8) is 0 Å². The molecule has 0 radical (unpaired) electrons. The first-order chi connectivity index (χ1) is 12.6. The summed E-state index contributed by atoms with van der Waals surface area (Å²) < 4.78 is 7.29. The van der Waals surface area contributed by atoms with Crippen molar-refractivity contribution < 1.29 is 9.53 Å². The van der Waals surface area contributed by atoms with E-state index in [0.29, 0.717) is 23.7 Å². The van der Waals surface area contributed by atoms with Gasteiger partial charge in [-0.25, -0.2) is 4.68 Å². The van der Waals surface area contributed by atoms with Crippen molar-refractivity contribution in [2.24, 2.45) is 0 Å². The number of ether oxygens (including phenoxy) is 1. The van der Waals surface area contributed by atoms with Crippen LogP contribution in [0.4, 0.5) is 5.69 Å². The van der Waals surface area contributed by atoms with Crippen LogP contribution in [0.1, 0.15) is 42.9 Å². The summed E-state index contributed by atoms with van der Waals surface area (Å²) in [7, 11) is 0. The number of aromatic nitrogens is 3. The van der Waals surface area contributed by atoms with E-state index in [1.54, 1.807) is 10.7 Å². The quantitative estimate of drug-likeness (QED) is 0.728. The van der Waals surface area contributed by atoms with Crippen LogP contribution in [0, 0.1) is 0 Å². The monoisotopic (exact) mass is 350 g/mol. The molecule has 134 valence electrons. The van der Waals surface area contributed by atoms with Crippen LogP contribution in [0.15, 0.2) is 54.6 Å². The Morgan fingerprint density at radius 2 is 1.81 bits per heavy atom. The Kier molecular flexibility index (Phi) is 5.31. The molecule has 0 bridgehead atoms. The van der Waals surface area contributed by atoms with Gasteiger partial charge in [0.15, 0.2) is 5.69 Å². The van der Waals surface area contributed by atoms with Crippen molar-refractivity contribution in [1.82, 2.24) is 15.0 Å². The van der Waals surface area contributed by atoms with Gasteiger partial charge in [-0.05, 0) is 37.1 Å². The minimum atomic E-state index is -0.303. The van der Waals surface area contributed by atoms with Gasteiger partial charge in [-0.15, -0.1) is 5.10 Å². The Labute approximate surface area is 152 Å². The van der Waals surface area contributed by atoms with Crippen molar-refractivity contribution in [3.8, 4) is 11.4 Å². The molecule has 1 N–H and O–H groups in total. The summed E-state index contributed by atoms with van der Waals surface area (Å²) in [5, 5.41) is 11.2. The Morgan fingerprint density at radius 3 is 2.50 bits per heavy atom. The Balaban J connectivity index is 1.95. The van der Waals surface area contributed by atoms with E-state index in [4.69, 9.17) is 4.74 Å². The normalized spacial score (nSPS) is 10.8. The van der Waals surface area contributed by atoms with Gasteiger partial charge in [0.05, 0.1) is 23.7 Å².